The molecule has 88 valence electrons. The summed E-state index contributed by atoms with van der Waals surface area (Å²) in [6, 6.07) is 1.98. The first-order valence-corrected chi connectivity index (χ1v) is 5.97. The van der Waals surface area contributed by atoms with Crippen LogP contribution in [0.3, 0.4) is 0 Å². The van der Waals surface area contributed by atoms with Crippen molar-refractivity contribution in [1.82, 2.24) is 10.2 Å². The van der Waals surface area contributed by atoms with E-state index in [-0.39, 0.29) is 11.3 Å². The third-order valence-corrected chi connectivity index (χ3v) is 3.16. The largest absolute Gasteiger partial charge is 0.396 e. The van der Waals surface area contributed by atoms with Crippen molar-refractivity contribution in [2.75, 3.05) is 5.73 Å². The molecule has 0 aliphatic heterocycles. The molecule has 0 aliphatic rings. The zero-order valence-electron chi connectivity index (χ0n) is 9.28. The highest BCUT2D eigenvalue weighted by molar-refractivity contribution is 7.07. The zero-order chi connectivity index (χ0) is 12.4. The van der Waals surface area contributed by atoms with Crippen molar-refractivity contribution in [1.29, 1.82) is 5.41 Å². The van der Waals surface area contributed by atoms with Crippen LogP contribution in [0.4, 0.5) is 5.69 Å². The lowest BCUT2D eigenvalue weighted by molar-refractivity contribution is 0.913. The molecule has 6 heteroatoms. The summed E-state index contributed by atoms with van der Waals surface area (Å²) in [5.41, 5.74) is 7.83. The molecule has 2 aromatic rings. The molecular formula is C11H12N4OS. The number of rotatable bonds is 3. The van der Waals surface area contributed by atoms with Gasteiger partial charge in [0.05, 0.1) is 16.9 Å². The number of nitrogens with zero attached hydrogens (tertiary/aromatic N) is 1. The molecule has 0 bridgehead atoms. The standard InChI is InChI=1S/C11H12N4OS/c1-6(12)9-10(13)8(14-15-11(9)16)4-7-2-3-17-5-7/h2-3,5,12H,4H2,1H3,(H3,13,15,16). The van der Waals surface area contributed by atoms with Crippen LogP contribution in [0.25, 0.3) is 0 Å². The second-order valence-corrected chi connectivity index (χ2v) is 4.50. The van der Waals surface area contributed by atoms with Gasteiger partial charge in [-0.25, -0.2) is 5.10 Å². The number of nitrogen functional groups attached to an aromatic ring is 1. The van der Waals surface area contributed by atoms with Crippen molar-refractivity contribution in [3.8, 4) is 0 Å². The molecule has 2 heterocycles. The molecule has 0 aromatic carbocycles. The lowest BCUT2D eigenvalue weighted by atomic mass is 10.1. The summed E-state index contributed by atoms with van der Waals surface area (Å²) < 4.78 is 0. The minimum atomic E-state index is -0.413. The van der Waals surface area contributed by atoms with E-state index in [2.05, 4.69) is 10.2 Å². The predicted molar refractivity (Wildman–Crippen MR) is 68.9 cm³/mol. The molecule has 0 saturated heterocycles. The van der Waals surface area contributed by atoms with Crippen molar-refractivity contribution in [2.45, 2.75) is 13.3 Å². The fourth-order valence-electron chi connectivity index (χ4n) is 1.59. The zero-order valence-corrected chi connectivity index (χ0v) is 10.1. The molecule has 5 nitrogen and oxygen atoms in total. The van der Waals surface area contributed by atoms with E-state index in [4.69, 9.17) is 11.1 Å². The van der Waals surface area contributed by atoms with Crippen LogP contribution in [0.15, 0.2) is 21.6 Å². The highest BCUT2D eigenvalue weighted by atomic mass is 32.1. The fourth-order valence-corrected chi connectivity index (χ4v) is 2.26. The van der Waals surface area contributed by atoms with Crippen molar-refractivity contribution >= 4 is 22.7 Å². The Labute approximate surface area is 102 Å². The minimum absolute atomic E-state index is 0.151. The topological polar surface area (TPSA) is 95.6 Å². The van der Waals surface area contributed by atoms with Gasteiger partial charge in [0, 0.05) is 12.1 Å². The van der Waals surface area contributed by atoms with Gasteiger partial charge in [-0.1, -0.05) is 0 Å². The van der Waals surface area contributed by atoms with Crippen LogP contribution in [0, 0.1) is 5.41 Å². The van der Waals surface area contributed by atoms with E-state index in [1.807, 2.05) is 16.8 Å². The number of anilines is 1. The van der Waals surface area contributed by atoms with Crippen LogP contribution in [0.5, 0.6) is 0 Å². The summed E-state index contributed by atoms with van der Waals surface area (Å²) in [5.74, 6) is 0. The van der Waals surface area contributed by atoms with Gasteiger partial charge in [0.1, 0.15) is 0 Å². The molecular weight excluding hydrogens is 236 g/mol. The van der Waals surface area contributed by atoms with E-state index in [0.717, 1.165) is 5.56 Å². The van der Waals surface area contributed by atoms with Crippen LogP contribution >= 0.6 is 11.3 Å². The Kier molecular flexibility index (Phi) is 3.06. The van der Waals surface area contributed by atoms with E-state index in [1.165, 1.54) is 6.92 Å². The van der Waals surface area contributed by atoms with E-state index in [1.54, 1.807) is 11.3 Å². The lowest BCUT2D eigenvalue weighted by Crippen LogP contribution is -2.22. The summed E-state index contributed by atoms with van der Waals surface area (Å²) in [6.45, 7) is 1.54. The third-order valence-electron chi connectivity index (χ3n) is 2.43. The molecule has 0 radical (unpaired) electrons. The minimum Gasteiger partial charge on any atom is -0.396 e. The van der Waals surface area contributed by atoms with Gasteiger partial charge in [0.2, 0.25) is 0 Å². The fraction of sp³-hybridized carbons (Fsp3) is 0.182. The third kappa shape index (κ3) is 2.26. The molecule has 17 heavy (non-hydrogen) atoms. The predicted octanol–water partition coefficient (Wildman–Crippen LogP) is 1.39. The summed E-state index contributed by atoms with van der Waals surface area (Å²) in [4.78, 5) is 11.5. The van der Waals surface area contributed by atoms with E-state index in [0.29, 0.717) is 17.8 Å². The van der Waals surface area contributed by atoms with Crippen LogP contribution in [-0.4, -0.2) is 15.9 Å². The van der Waals surface area contributed by atoms with Gasteiger partial charge in [-0.15, -0.1) is 0 Å². The van der Waals surface area contributed by atoms with Crippen LogP contribution in [0.2, 0.25) is 0 Å². The lowest BCUT2D eigenvalue weighted by Gasteiger charge is -2.07. The molecule has 2 aromatic heterocycles. The summed E-state index contributed by atoms with van der Waals surface area (Å²) >= 11 is 1.60. The first-order valence-electron chi connectivity index (χ1n) is 5.03. The van der Waals surface area contributed by atoms with Crippen LogP contribution < -0.4 is 11.3 Å². The molecule has 0 aliphatic carbocycles. The van der Waals surface area contributed by atoms with Crippen molar-refractivity contribution in [3.63, 3.8) is 0 Å². The summed E-state index contributed by atoms with van der Waals surface area (Å²) in [6.07, 6.45) is 0.562. The average molecular weight is 248 g/mol. The monoisotopic (exact) mass is 248 g/mol. The number of aromatic nitrogens is 2. The first-order chi connectivity index (χ1) is 8.09. The van der Waals surface area contributed by atoms with Crippen molar-refractivity contribution in [3.05, 3.63) is 44.0 Å². The number of hydrogen-bond donors (Lipinski definition) is 3. The van der Waals surface area contributed by atoms with Gasteiger partial charge in [-0.05, 0) is 29.3 Å². The molecule has 0 atom stereocenters. The maximum atomic E-state index is 11.5. The van der Waals surface area contributed by atoms with Crippen LogP contribution in [-0.2, 0) is 6.42 Å². The normalized spacial score (nSPS) is 10.4. The second-order valence-electron chi connectivity index (χ2n) is 3.72. The van der Waals surface area contributed by atoms with Gasteiger partial charge >= 0.3 is 0 Å². The van der Waals surface area contributed by atoms with E-state index in [9.17, 15) is 4.79 Å². The average Bonchev–Trinajstić information content (AvgIpc) is 2.74. The Balaban J connectivity index is 2.46. The quantitative estimate of drug-likeness (QED) is 0.716. The number of hydrogen-bond acceptors (Lipinski definition) is 5. The number of nitrogens with one attached hydrogen (secondary N) is 2. The SMILES string of the molecule is CC(=N)c1c(N)c(Cc2ccsc2)n[nH]c1=O. The first kappa shape index (κ1) is 11.5. The van der Waals surface area contributed by atoms with Gasteiger partial charge in [0.15, 0.2) is 0 Å². The Morgan fingerprint density at radius 1 is 1.65 bits per heavy atom. The molecule has 4 N–H and O–H groups in total. The van der Waals surface area contributed by atoms with Crippen molar-refractivity contribution < 1.29 is 0 Å². The van der Waals surface area contributed by atoms with Crippen LogP contribution in [0.1, 0.15) is 23.7 Å². The highest BCUT2D eigenvalue weighted by Crippen LogP contribution is 2.17. The highest BCUT2D eigenvalue weighted by Gasteiger charge is 2.13. The summed E-state index contributed by atoms with van der Waals surface area (Å²) in [7, 11) is 0. The van der Waals surface area contributed by atoms with Gasteiger partial charge in [-0.2, -0.15) is 16.4 Å². The molecule has 0 saturated carbocycles. The Bertz CT molecular complexity index is 600. The smallest absolute Gasteiger partial charge is 0.275 e. The van der Waals surface area contributed by atoms with Gasteiger partial charge in [-0.3, -0.25) is 4.79 Å². The second kappa shape index (κ2) is 4.50. The Hall–Kier alpha value is -1.95. The maximum Gasteiger partial charge on any atom is 0.275 e. The number of nitrogens with two attached hydrogens (primary N) is 1. The molecule has 0 amide bonds. The molecule has 2 rings (SSSR count). The number of aromatic amines is 1. The van der Waals surface area contributed by atoms with E-state index < -0.39 is 5.56 Å². The molecule has 0 unspecified atom stereocenters. The Morgan fingerprint density at radius 2 is 2.41 bits per heavy atom. The Morgan fingerprint density at radius 3 is 3.00 bits per heavy atom. The van der Waals surface area contributed by atoms with Gasteiger partial charge in [0.25, 0.3) is 5.56 Å². The van der Waals surface area contributed by atoms with Crippen molar-refractivity contribution in [2.24, 2.45) is 0 Å². The number of thiophene rings is 1. The number of H-pyrrole nitrogens is 1. The molecule has 0 spiro atoms. The van der Waals surface area contributed by atoms with Gasteiger partial charge < -0.3 is 11.1 Å². The summed E-state index contributed by atoms with van der Waals surface area (Å²) in [5, 5.41) is 17.8. The molecule has 0 fully saturated rings. The van der Waals surface area contributed by atoms with E-state index >= 15 is 0 Å². The maximum absolute atomic E-state index is 11.5.